The van der Waals surface area contributed by atoms with Crippen molar-refractivity contribution in [3.05, 3.63) is 108 Å². The van der Waals surface area contributed by atoms with Gasteiger partial charge in [0.1, 0.15) is 5.82 Å². The van der Waals surface area contributed by atoms with Gasteiger partial charge < -0.3 is 19.0 Å². The van der Waals surface area contributed by atoms with Crippen LogP contribution in [-0.2, 0) is 17.9 Å². The fourth-order valence-electron chi connectivity index (χ4n) is 3.97. The number of alkyl halides is 3. The number of carboxylic acids is 1. The van der Waals surface area contributed by atoms with E-state index in [1.165, 1.54) is 11.8 Å². The zero-order valence-corrected chi connectivity index (χ0v) is 18.8. The molecule has 5 rings (SSSR count). The lowest BCUT2D eigenvalue weighted by Gasteiger charge is -2.34. The second-order valence-electron chi connectivity index (χ2n) is 7.95. The molecular formula is C25H21F3N4O4. The summed E-state index contributed by atoms with van der Waals surface area (Å²) in [5.41, 5.74) is 3.32. The zero-order valence-electron chi connectivity index (χ0n) is 18.8. The normalized spacial score (nSPS) is 15.0. The van der Waals surface area contributed by atoms with Crippen LogP contribution >= 0.6 is 0 Å². The lowest BCUT2D eigenvalue weighted by Crippen LogP contribution is -2.39. The highest BCUT2D eigenvalue weighted by atomic mass is 19.4. The molecule has 1 aliphatic heterocycles. The standard InChI is InChI=1S/C23H20N4O2.C2HF3O2/c28-23(21-9-5-13-29-21)27-14-17-6-1-2-8-19(17)20(16-27)22-25-11-12-26(22)15-18-7-3-4-10-24-18;3-2(4,5)1(6)7/h1-13,20H,14-16H2;(H,6,7). The second kappa shape index (κ2) is 10.5. The van der Waals surface area contributed by atoms with E-state index >= 15 is 0 Å². The van der Waals surface area contributed by atoms with Gasteiger partial charge in [-0.05, 0) is 35.4 Å². The van der Waals surface area contributed by atoms with Crippen molar-refractivity contribution >= 4 is 11.9 Å². The van der Waals surface area contributed by atoms with Gasteiger partial charge in [-0.15, -0.1) is 0 Å². The Hall–Kier alpha value is -4.41. The fraction of sp³-hybridized carbons (Fsp3) is 0.200. The maximum atomic E-state index is 13.0. The van der Waals surface area contributed by atoms with Gasteiger partial charge in [0.15, 0.2) is 5.76 Å². The Bertz CT molecular complexity index is 1320. The zero-order chi connectivity index (χ0) is 25.7. The van der Waals surface area contributed by atoms with Crippen LogP contribution in [0.5, 0.6) is 0 Å². The molecule has 36 heavy (non-hydrogen) atoms. The van der Waals surface area contributed by atoms with Gasteiger partial charge in [-0.25, -0.2) is 9.78 Å². The molecule has 1 aromatic carbocycles. The number of hydrogen-bond donors (Lipinski definition) is 1. The predicted molar refractivity (Wildman–Crippen MR) is 121 cm³/mol. The fourth-order valence-corrected chi connectivity index (χ4v) is 3.97. The Kier molecular flexibility index (Phi) is 7.18. The van der Waals surface area contributed by atoms with Crippen molar-refractivity contribution < 1.29 is 32.3 Å². The van der Waals surface area contributed by atoms with Gasteiger partial charge in [0.25, 0.3) is 5.91 Å². The molecule has 8 nitrogen and oxygen atoms in total. The number of furan rings is 1. The van der Waals surface area contributed by atoms with Crippen molar-refractivity contribution in [2.24, 2.45) is 0 Å². The second-order valence-corrected chi connectivity index (χ2v) is 7.95. The minimum atomic E-state index is -5.08. The Morgan fingerprint density at radius 3 is 2.44 bits per heavy atom. The van der Waals surface area contributed by atoms with Crippen molar-refractivity contribution in [1.82, 2.24) is 19.4 Å². The quantitative estimate of drug-likeness (QED) is 0.449. The molecule has 0 saturated carbocycles. The van der Waals surface area contributed by atoms with Crippen molar-refractivity contribution in [2.45, 2.75) is 25.2 Å². The van der Waals surface area contributed by atoms with Crippen LogP contribution in [0.15, 0.2) is 83.9 Å². The van der Waals surface area contributed by atoms with E-state index < -0.39 is 12.1 Å². The Morgan fingerprint density at radius 1 is 1.03 bits per heavy atom. The molecule has 4 heterocycles. The molecule has 3 aromatic heterocycles. The number of nitrogens with zero attached hydrogens (tertiary/aromatic N) is 4. The number of pyridine rings is 1. The Labute approximate surface area is 203 Å². The Balaban J connectivity index is 0.000000384. The van der Waals surface area contributed by atoms with Gasteiger partial charge in [-0.3, -0.25) is 9.78 Å². The van der Waals surface area contributed by atoms with E-state index in [0.717, 1.165) is 17.1 Å². The molecule has 0 aliphatic carbocycles. The van der Waals surface area contributed by atoms with Crippen LogP contribution in [0.3, 0.4) is 0 Å². The first-order valence-corrected chi connectivity index (χ1v) is 10.9. The molecule has 1 N–H and O–H groups in total. The molecule has 1 amide bonds. The Morgan fingerprint density at radius 2 is 1.78 bits per heavy atom. The third-order valence-electron chi connectivity index (χ3n) is 5.57. The van der Waals surface area contributed by atoms with E-state index in [0.29, 0.717) is 25.4 Å². The molecule has 1 atom stereocenters. The molecule has 1 unspecified atom stereocenters. The lowest BCUT2D eigenvalue weighted by atomic mass is 9.89. The summed E-state index contributed by atoms with van der Waals surface area (Å²) < 4.78 is 39.2. The van der Waals surface area contributed by atoms with E-state index in [1.54, 1.807) is 18.3 Å². The summed E-state index contributed by atoms with van der Waals surface area (Å²) in [4.78, 5) is 32.8. The molecule has 1 aliphatic rings. The van der Waals surface area contributed by atoms with Crippen LogP contribution in [-0.4, -0.2) is 49.1 Å². The van der Waals surface area contributed by atoms with Crippen molar-refractivity contribution in [3.63, 3.8) is 0 Å². The number of carbonyl (C=O) groups is 2. The molecule has 0 bridgehead atoms. The van der Waals surface area contributed by atoms with Crippen LogP contribution in [0.1, 0.15) is 39.1 Å². The third-order valence-corrected chi connectivity index (χ3v) is 5.57. The van der Waals surface area contributed by atoms with E-state index in [9.17, 15) is 18.0 Å². The number of carboxylic acid groups (broad SMARTS) is 1. The largest absolute Gasteiger partial charge is 0.490 e. The van der Waals surface area contributed by atoms with Gasteiger partial charge in [-0.1, -0.05) is 30.3 Å². The highest BCUT2D eigenvalue weighted by Gasteiger charge is 2.38. The van der Waals surface area contributed by atoms with E-state index in [1.807, 2.05) is 47.6 Å². The number of fused-ring (bicyclic) bond motifs is 1. The average Bonchev–Trinajstić information content (AvgIpc) is 3.56. The maximum absolute atomic E-state index is 13.0. The highest BCUT2D eigenvalue weighted by molar-refractivity contribution is 5.91. The lowest BCUT2D eigenvalue weighted by molar-refractivity contribution is -0.192. The smallest absolute Gasteiger partial charge is 0.475 e. The molecule has 0 spiro atoms. The number of carbonyl (C=O) groups excluding carboxylic acids is 1. The van der Waals surface area contributed by atoms with Crippen molar-refractivity contribution in [2.75, 3.05) is 6.54 Å². The first-order chi connectivity index (χ1) is 17.2. The summed E-state index contributed by atoms with van der Waals surface area (Å²) in [5, 5.41) is 7.12. The number of aliphatic carboxylic acids is 1. The third kappa shape index (κ3) is 5.62. The summed E-state index contributed by atoms with van der Waals surface area (Å²) >= 11 is 0. The maximum Gasteiger partial charge on any atom is 0.490 e. The van der Waals surface area contributed by atoms with E-state index in [2.05, 4.69) is 26.7 Å². The monoisotopic (exact) mass is 498 g/mol. The highest BCUT2D eigenvalue weighted by Crippen LogP contribution is 2.33. The first kappa shape index (κ1) is 24.7. The van der Waals surface area contributed by atoms with Crippen molar-refractivity contribution in [3.8, 4) is 0 Å². The molecule has 0 saturated heterocycles. The molecule has 0 fully saturated rings. The number of halogens is 3. The van der Waals surface area contributed by atoms with Gasteiger partial charge in [0.2, 0.25) is 0 Å². The van der Waals surface area contributed by atoms with Crippen LogP contribution in [0.2, 0.25) is 0 Å². The van der Waals surface area contributed by atoms with Crippen LogP contribution < -0.4 is 0 Å². The van der Waals surface area contributed by atoms with Gasteiger partial charge in [0, 0.05) is 31.7 Å². The van der Waals surface area contributed by atoms with Crippen LogP contribution in [0.4, 0.5) is 13.2 Å². The number of imidazole rings is 1. The molecule has 11 heteroatoms. The van der Waals surface area contributed by atoms with E-state index in [-0.39, 0.29) is 11.8 Å². The number of rotatable bonds is 4. The molecule has 186 valence electrons. The van der Waals surface area contributed by atoms with E-state index in [4.69, 9.17) is 14.3 Å². The molecule has 0 radical (unpaired) electrons. The summed E-state index contributed by atoms with van der Waals surface area (Å²) in [5.74, 6) is -1.58. The summed E-state index contributed by atoms with van der Waals surface area (Å²) in [7, 11) is 0. The first-order valence-electron chi connectivity index (χ1n) is 10.9. The van der Waals surface area contributed by atoms with Crippen LogP contribution in [0.25, 0.3) is 0 Å². The topological polar surface area (TPSA) is 101 Å². The number of amides is 1. The van der Waals surface area contributed by atoms with Crippen molar-refractivity contribution in [1.29, 1.82) is 0 Å². The van der Waals surface area contributed by atoms with Gasteiger partial charge in [0.05, 0.1) is 24.4 Å². The number of benzene rings is 1. The SMILES string of the molecule is O=C(O)C(F)(F)F.O=C(c1ccco1)N1Cc2ccccc2C(c2nccn2Cc2ccccn2)C1. The van der Waals surface area contributed by atoms with Gasteiger partial charge >= 0.3 is 12.1 Å². The predicted octanol–water partition coefficient (Wildman–Crippen LogP) is 4.34. The van der Waals surface area contributed by atoms with Crippen LogP contribution in [0, 0.1) is 0 Å². The number of hydrogen-bond acceptors (Lipinski definition) is 5. The minimum Gasteiger partial charge on any atom is -0.475 e. The minimum absolute atomic E-state index is 0.0161. The average molecular weight is 498 g/mol. The van der Waals surface area contributed by atoms with Gasteiger partial charge in [-0.2, -0.15) is 13.2 Å². The number of aromatic nitrogens is 3. The summed E-state index contributed by atoms with van der Waals surface area (Å²) in [6, 6.07) is 17.6. The summed E-state index contributed by atoms with van der Waals surface area (Å²) in [6.45, 7) is 1.75. The molecule has 4 aromatic rings. The summed E-state index contributed by atoms with van der Waals surface area (Å²) in [6.07, 6.45) is 2.03. The molecular weight excluding hydrogens is 477 g/mol.